The Morgan fingerprint density at radius 1 is 1.31 bits per heavy atom. The van der Waals surface area contributed by atoms with Crippen LogP contribution in [0.5, 0.6) is 0 Å². The molecule has 0 saturated carbocycles. The third kappa shape index (κ3) is 3.04. The van der Waals surface area contributed by atoms with E-state index in [1.165, 1.54) is 0 Å². The first kappa shape index (κ1) is 11.6. The van der Waals surface area contributed by atoms with Crippen molar-refractivity contribution in [2.45, 2.75) is 18.9 Å². The lowest BCUT2D eigenvalue weighted by molar-refractivity contribution is 0.176. The third-order valence-corrected chi connectivity index (χ3v) is 3.50. The Hall–Kier alpha value is -0.900. The number of aliphatic hydroxyl groups is 1. The van der Waals surface area contributed by atoms with Gasteiger partial charge in [0.05, 0.1) is 11.6 Å². The predicted molar refractivity (Wildman–Crippen MR) is 67.0 cm³/mol. The van der Waals surface area contributed by atoms with E-state index in [1.807, 2.05) is 24.3 Å². The lowest BCUT2D eigenvalue weighted by Crippen LogP contribution is -2.13. The van der Waals surface area contributed by atoms with Gasteiger partial charge in [0.25, 0.3) is 0 Å². The summed E-state index contributed by atoms with van der Waals surface area (Å²) in [6.45, 7) is 0. The SMILES string of the molecule is OC(Cc1cncs1)Cc1ccccc1Cl. The van der Waals surface area contributed by atoms with Gasteiger partial charge in [0, 0.05) is 28.9 Å². The van der Waals surface area contributed by atoms with Crippen molar-refractivity contribution in [1.82, 2.24) is 4.98 Å². The first-order valence-corrected chi connectivity index (χ1v) is 6.30. The van der Waals surface area contributed by atoms with Crippen LogP contribution >= 0.6 is 22.9 Å². The van der Waals surface area contributed by atoms with Crippen LogP contribution in [0.4, 0.5) is 0 Å². The van der Waals surface area contributed by atoms with E-state index in [-0.39, 0.29) is 0 Å². The molecule has 2 rings (SSSR count). The number of thiazole rings is 1. The number of hydrogen-bond acceptors (Lipinski definition) is 3. The van der Waals surface area contributed by atoms with Crippen LogP contribution < -0.4 is 0 Å². The van der Waals surface area contributed by atoms with E-state index in [4.69, 9.17) is 11.6 Å². The molecule has 1 heterocycles. The highest BCUT2D eigenvalue weighted by Crippen LogP contribution is 2.18. The molecule has 0 amide bonds. The van der Waals surface area contributed by atoms with Crippen molar-refractivity contribution in [3.63, 3.8) is 0 Å². The van der Waals surface area contributed by atoms with Crippen molar-refractivity contribution in [3.05, 3.63) is 51.4 Å². The van der Waals surface area contributed by atoms with E-state index < -0.39 is 6.10 Å². The highest BCUT2D eigenvalue weighted by atomic mass is 35.5. The lowest BCUT2D eigenvalue weighted by Gasteiger charge is -2.10. The lowest BCUT2D eigenvalue weighted by atomic mass is 10.1. The molecule has 1 N–H and O–H groups in total. The number of rotatable bonds is 4. The number of halogens is 1. The molecule has 0 fully saturated rings. The van der Waals surface area contributed by atoms with Gasteiger partial charge >= 0.3 is 0 Å². The fourth-order valence-electron chi connectivity index (χ4n) is 1.57. The van der Waals surface area contributed by atoms with Crippen LogP contribution in [0, 0.1) is 0 Å². The second-order valence-corrected chi connectivity index (χ2v) is 5.00. The first-order chi connectivity index (χ1) is 7.75. The molecule has 0 aliphatic rings. The molecule has 0 spiro atoms. The smallest absolute Gasteiger partial charge is 0.0794 e. The molecule has 0 saturated heterocycles. The minimum Gasteiger partial charge on any atom is -0.392 e. The number of aromatic nitrogens is 1. The maximum Gasteiger partial charge on any atom is 0.0794 e. The highest BCUT2D eigenvalue weighted by Gasteiger charge is 2.09. The summed E-state index contributed by atoms with van der Waals surface area (Å²) in [4.78, 5) is 5.08. The standard InChI is InChI=1S/C12H12ClNOS/c13-12-4-2-1-3-9(12)5-10(15)6-11-7-14-8-16-11/h1-4,7-8,10,15H,5-6H2. The molecule has 0 bridgehead atoms. The zero-order valence-corrected chi connectivity index (χ0v) is 10.2. The van der Waals surface area contributed by atoms with E-state index in [2.05, 4.69) is 4.98 Å². The molecule has 2 nitrogen and oxygen atoms in total. The van der Waals surface area contributed by atoms with E-state index in [0.29, 0.717) is 17.9 Å². The van der Waals surface area contributed by atoms with Crippen molar-refractivity contribution in [3.8, 4) is 0 Å². The van der Waals surface area contributed by atoms with Gasteiger partial charge in [0.1, 0.15) is 0 Å². The van der Waals surface area contributed by atoms with Gasteiger partial charge in [-0.1, -0.05) is 29.8 Å². The molecule has 16 heavy (non-hydrogen) atoms. The summed E-state index contributed by atoms with van der Waals surface area (Å²) >= 11 is 7.59. The van der Waals surface area contributed by atoms with Crippen LogP contribution in [0.3, 0.4) is 0 Å². The molecule has 84 valence electrons. The summed E-state index contributed by atoms with van der Waals surface area (Å²) in [7, 11) is 0. The Morgan fingerprint density at radius 2 is 2.12 bits per heavy atom. The van der Waals surface area contributed by atoms with E-state index in [0.717, 1.165) is 10.4 Å². The molecule has 1 aromatic carbocycles. The van der Waals surface area contributed by atoms with Crippen molar-refractivity contribution in [1.29, 1.82) is 0 Å². The zero-order valence-electron chi connectivity index (χ0n) is 8.64. The normalized spacial score (nSPS) is 12.6. The minimum atomic E-state index is -0.402. The molecule has 4 heteroatoms. The topological polar surface area (TPSA) is 33.1 Å². The summed E-state index contributed by atoms with van der Waals surface area (Å²) in [6.07, 6.45) is 2.61. The number of hydrogen-bond donors (Lipinski definition) is 1. The molecule has 0 radical (unpaired) electrons. The van der Waals surface area contributed by atoms with Gasteiger partial charge in [-0.3, -0.25) is 4.98 Å². The Kier molecular flexibility index (Phi) is 3.93. The van der Waals surface area contributed by atoms with Gasteiger partial charge < -0.3 is 5.11 Å². The second-order valence-electron chi connectivity index (χ2n) is 3.62. The quantitative estimate of drug-likeness (QED) is 0.909. The van der Waals surface area contributed by atoms with Gasteiger partial charge in [-0.05, 0) is 11.6 Å². The summed E-state index contributed by atoms with van der Waals surface area (Å²) in [5.41, 5.74) is 2.76. The van der Waals surface area contributed by atoms with Gasteiger partial charge in [0.2, 0.25) is 0 Å². The van der Waals surface area contributed by atoms with Crippen LogP contribution in [0.1, 0.15) is 10.4 Å². The molecular formula is C12H12ClNOS. The molecule has 1 atom stereocenters. The Labute approximate surface area is 104 Å². The second kappa shape index (κ2) is 5.43. The van der Waals surface area contributed by atoms with Crippen LogP contribution in [0.15, 0.2) is 36.0 Å². The van der Waals surface area contributed by atoms with Crippen molar-refractivity contribution in [2.75, 3.05) is 0 Å². The fraction of sp³-hybridized carbons (Fsp3) is 0.250. The number of aliphatic hydroxyl groups excluding tert-OH is 1. The Morgan fingerprint density at radius 3 is 2.81 bits per heavy atom. The molecule has 1 unspecified atom stereocenters. The molecule has 1 aromatic heterocycles. The van der Waals surface area contributed by atoms with Gasteiger partial charge in [-0.15, -0.1) is 11.3 Å². The molecular weight excluding hydrogens is 242 g/mol. The largest absolute Gasteiger partial charge is 0.392 e. The van der Waals surface area contributed by atoms with E-state index >= 15 is 0 Å². The maximum atomic E-state index is 9.92. The average Bonchev–Trinajstić information content (AvgIpc) is 2.74. The minimum absolute atomic E-state index is 0.402. The third-order valence-electron chi connectivity index (χ3n) is 2.33. The first-order valence-electron chi connectivity index (χ1n) is 5.04. The summed E-state index contributed by atoms with van der Waals surface area (Å²) < 4.78 is 0. The Balaban J connectivity index is 1.97. The van der Waals surface area contributed by atoms with Crippen LogP contribution in [-0.2, 0) is 12.8 Å². The number of benzene rings is 1. The molecule has 2 aromatic rings. The predicted octanol–water partition coefficient (Wildman–Crippen LogP) is 2.94. The van der Waals surface area contributed by atoms with E-state index in [9.17, 15) is 5.11 Å². The summed E-state index contributed by atoms with van der Waals surface area (Å²) in [5.74, 6) is 0. The van der Waals surface area contributed by atoms with Crippen LogP contribution in [0.25, 0.3) is 0 Å². The fourth-order valence-corrected chi connectivity index (χ4v) is 2.45. The van der Waals surface area contributed by atoms with Crippen LogP contribution in [0.2, 0.25) is 5.02 Å². The van der Waals surface area contributed by atoms with Gasteiger partial charge in [-0.25, -0.2) is 0 Å². The van der Waals surface area contributed by atoms with Crippen LogP contribution in [-0.4, -0.2) is 16.2 Å². The zero-order chi connectivity index (χ0) is 11.4. The van der Waals surface area contributed by atoms with Gasteiger partial charge in [0.15, 0.2) is 0 Å². The molecule has 0 aliphatic heterocycles. The van der Waals surface area contributed by atoms with E-state index in [1.54, 1.807) is 23.0 Å². The average molecular weight is 254 g/mol. The summed E-state index contributed by atoms with van der Waals surface area (Å²) in [6, 6.07) is 7.61. The van der Waals surface area contributed by atoms with Crippen molar-refractivity contribution >= 4 is 22.9 Å². The Bertz CT molecular complexity index is 444. The maximum absolute atomic E-state index is 9.92. The van der Waals surface area contributed by atoms with Crippen molar-refractivity contribution in [2.24, 2.45) is 0 Å². The number of nitrogens with zero attached hydrogens (tertiary/aromatic N) is 1. The monoisotopic (exact) mass is 253 g/mol. The summed E-state index contributed by atoms with van der Waals surface area (Å²) in [5, 5.41) is 10.6. The highest BCUT2D eigenvalue weighted by molar-refractivity contribution is 7.09. The van der Waals surface area contributed by atoms with Crippen molar-refractivity contribution < 1.29 is 5.11 Å². The molecule has 0 aliphatic carbocycles. The van der Waals surface area contributed by atoms with Gasteiger partial charge in [-0.2, -0.15) is 0 Å².